The second kappa shape index (κ2) is 9.46. The number of likely N-dealkylation sites (tertiary alicyclic amines) is 1. The third-order valence-corrected chi connectivity index (χ3v) is 5.19. The van der Waals surface area contributed by atoms with E-state index in [0.29, 0.717) is 30.0 Å². The highest BCUT2D eigenvalue weighted by Gasteiger charge is 2.32. The SMILES string of the molecule is CCCSCC(=O)Nc1cccc(C(=O)N2CCCCC2C(=O)O)c1. The molecule has 1 aliphatic heterocycles. The fourth-order valence-electron chi connectivity index (χ4n) is 2.83. The molecule has 1 atom stereocenters. The van der Waals surface area contributed by atoms with Crippen molar-refractivity contribution in [3.8, 4) is 0 Å². The molecule has 136 valence electrons. The highest BCUT2D eigenvalue weighted by atomic mass is 32.2. The van der Waals surface area contributed by atoms with Gasteiger partial charge in [-0.2, -0.15) is 11.8 Å². The van der Waals surface area contributed by atoms with Gasteiger partial charge in [-0.25, -0.2) is 4.79 Å². The summed E-state index contributed by atoms with van der Waals surface area (Å²) in [7, 11) is 0. The fraction of sp³-hybridized carbons (Fsp3) is 0.500. The smallest absolute Gasteiger partial charge is 0.326 e. The minimum Gasteiger partial charge on any atom is -0.480 e. The van der Waals surface area contributed by atoms with E-state index in [1.54, 1.807) is 36.0 Å². The van der Waals surface area contributed by atoms with Crippen LogP contribution in [0.5, 0.6) is 0 Å². The number of carboxylic acids is 1. The van der Waals surface area contributed by atoms with E-state index in [-0.39, 0.29) is 11.8 Å². The van der Waals surface area contributed by atoms with Gasteiger partial charge in [0, 0.05) is 17.8 Å². The predicted octanol–water partition coefficient (Wildman–Crippen LogP) is 2.85. The van der Waals surface area contributed by atoms with Crippen LogP contribution in [0.2, 0.25) is 0 Å². The minimum absolute atomic E-state index is 0.107. The highest BCUT2D eigenvalue weighted by molar-refractivity contribution is 7.99. The van der Waals surface area contributed by atoms with Crippen molar-refractivity contribution < 1.29 is 19.5 Å². The number of rotatable bonds is 7. The number of nitrogens with one attached hydrogen (secondary N) is 1. The second-order valence-electron chi connectivity index (χ2n) is 6.03. The predicted molar refractivity (Wildman–Crippen MR) is 99.0 cm³/mol. The van der Waals surface area contributed by atoms with Crippen molar-refractivity contribution in [2.45, 2.75) is 38.6 Å². The summed E-state index contributed by atoms with van der Waals surface area (Å²) in [6.45, 7) is 2.50. The summed E-state index contributed by atoms with van der Waals surface area (Å²) in [6.07, 6.45) is 3.11. The Morgan fingerprint density at radius 3 is 2.84 bits per heavy atom. The first-order chi connectivity index (χ1) is 12.0. The van der Waals surface area contributed by atoms with E-state index < -0.39 is 12.0 Å². The maximum Gasteiger partial charge on any atom is 0.326 e. The zero-order valence-corrected chi connectivity index (χ0v) is 15.2. The van der Waals surface area contributed by atoms with Gasteiger partial charge in [0.2, 0.25) is 5.91 Å². The molecule has 1 fully saturated rings. The van der Waals surface area contributed by atoms with Crippen LogP contribution in [0.4, 0.5) is 5.69 Å². The molecule has 1 unspecified atom stereocenters. The average Bonchev–Trinajstić information content (AvgIpc) is 2.61. The van der Waals surface area contributed by atoms with E-state index in [1.807, 2.05) is 0 Å². The summed E-state index contributed by atoms with van der Waals surface area (Å²) >= 11 is 1.56. The van der Waals surface area contributed by atoms with E-state index in [9.17, 15) is 19.5 Å². The van der Waals surface area contributed by atoms with Crippen molar-refractivity contribution in [3.05, 3.63) is 29.8 Å². The quantitative estimate of drug-likeness (QED) is 0.727. The Hall–Kier alpha value is -2.02. The van der Waals surface area contributed by atoms with Crippen LogP contribution in [-0.4, -0.2) is 51.9 Å². The molecule has 25 heavy (non-hydrogen) atoms. The first-order valence-corrected chi connectivity index (χ1v) is 9.70. The lowest BCUT2D eigenvalue weighted by Gasteiger charge is -2.33. The summed E-state index contributed by atoms with van der Waals surface area (Å²) in [6, 6.07) is 5.91. The number of thioether (sulfide) groups is 1. The van der Waals surface area contributed by atoms with Crippen molar-refractivity contribution in [3.63, 3.8) is 0 Å². The van der Waals surface area contributed by atoms with Crippen LogP contribution in [0.3, 0.4) is 0 Å². The molecule has 1 aliphatic rings. The molecule has 1 aromatic carbocycles. The molecule has 1 saturated heterocycles. The molecule has 1 heterocycles. The molecular weight excluding hydrogens is 340 g/mol. The van der Waals surface area contributed by atoms with E-state index in [1.165, 1.54) is 4.90 Å². The Balaban J connectivity index is 2.05. The molecule has 2 amide bonds. The van der Waals surface area contributed by atoms with Gasteiger partial charge in [-0.3, -0.25) is 9.59 Å². The number of amides is 2. The number of hydrogen-bond acceptors (Lipinski definition) is 4. The number of aliphatic carboxylic acids is 1. The van der Waals surface area contributed by atoms with Crippen molar-refractivity contribution in [2.24, 2.45) is 0 Å². The molecule has 0 aliphatic carbocycles. The number of hydrogen-bond donors (Lipinski definition) is 2. The Bertz CT molecular complexity index is 635. The third kappa shape index (κ3) is 5.49. The van der Waals surface area contributed by atoms with Gasteiger partial charge >= 0.3 is 5.97 Å². The molecule has 0 bridgehead atoms. The lowest BCUT2D eigenvalue weighted by atomic mass is 10.0. The number of carboxylic acid groups (broad SMARTS) is 1. The number of carbonyl (C=O) groups excluding carboxylic acids is 2. The number of benzene rings is 1. The van der Waals surface area contributed by atoms with Crippen LogP contribution in [0.15, 0.2) is 24.3 Å². The zero-order valence-electron chi connectivity index (χ0n) is 14.4. The van der Waals surface area contributed by atoms with Crippen LogP contribution in [0, 0.1) is 0 Å². The maximum absolute atomic E-state index is 12.7. The van der Waals surface area contributed by atoms with E-state index in [4.69, 9.17) is 0 Å². The molecule has 1 aromatic rings. The maximum atomic E-state index is 12.7. The summed E-state index contributed by atoms with van der Waals surface area (Å²) in [5.74, 6) is -0.0741. The van der Waals surface area contributed by atoms with E-state index in [2.05, 4.69) is 12.2 Å². The van der Waals surface area contributed by atoms with Gasteiger partial charge in [-0.15, -0.1) is 0 Å². The molecule has 0 saturated carbocycles. The zero-order chi connectivity index (χ0) is 18.2. The van der Waals surface area contributed by atoms with Crippen LogP contribution < -0.4 is 5.32 Å². The summed E-state index contributed by atoms with van der Waals surface area (Å²) in [4.78, 5) is 37.4. The highest BCUT2D eigenvalue weighted by Crippen LogP contribution is 2.21. The van der Waals surface area contributed by atoms with Crippen molar-refractivity contribution >= 4 is 35.2 Å². The topological polar surface area (TPSA) is 86.7 Å². The standard InChI is InChI=1S/C18H24N2O4S/c1-2-10-25-12-16(21)19-14-7-5-6-13(11-14)17(22)20-9-4-3-8-15(20)18(23)24/h5-7,11,15H,2-4,8-10,12H2,1H3,(H,19,21)(H,23,24). The molecule has 0 radical (unpaired) electrons. The summed E-state index contributed by atoms with van der Waals surface area (Å²) in [5, 5.41) is 12.1. The Morgan fingerprint density at radius 1 is 1.32 bits per heavy atom. The van der Waals surface area contributed by atoms with Crippen molar-refractivity contribution in [1.82, 2.24) is 4.90 Å². The summed E-state index contributed by atoms with van der Waals surface area (Å²) in [5.41, 5.74) is 0.948. The summed E-state index contributed by atoms with van der Waals surface area (Å²) < 4.78 is 0. The molecule has 0 spiro atoms. The number of piperidine rings is 1. The van der Waals surface area contributed by atoms with Crippen LogP contribution >= 0.6 is 11.8 Å². The van der Waals surface area contributed by atoms with Crippen LogP contribution in [-0.2, 0) is 9.59 Å². The third-order valence-electron chi connectivity index (χ3n) is 4.02. The van der Waals surface area contributed by atoms with Crippen molar-refractivity contribution in [1.29, 1.82) is 0 Å². The van der Waals surface area contributed by atoms with Crippen molar-refractivity contribution in [2.75, 3.05) is 23.4 Å². The van der Waals surface area contributed by atoms with Gasteiger partial charge in [0.25, 0.3) is 5.91 Å². The van der Waals surface area contributed by atoms with Gasteiger partial charge in [0.15, 0.2) is 0 Å². The second-order valence-corrected chi connectivity index (χ2v) is 7.14. The van der Waals surface area contributed by atoms with Gasteiger partial charge in [0.1, 0.15) is 6.04 Å². The molecule has 2 N–H and O–H groups in total. The Labute approximate surface area is 152 Å². The lowest BCUT2D eigenvalue weighted by Crippen LogP contribution is -2.48. The largest absolute Gasteiger partial charge is 0.480 e. The van der Waals surface area contributed by atoms with Gasteiger partial charge in [-0.1, -0.05) is 13.0 Å². The number of carbonyl (C=O) groups is 3. The Morgan fingerprint density at radius 2 is 2.12 bits per heavy atom. The first-order valence-electron chi connectivity index (χ1n) is 8.54. The normalized spacial score (nSPS) is 17.2. The molecule has 7 heteroatoms. The first kappa shape index (κ1) is 19.3. The average molecular weight is 364 g/mol. The molecule has 6 nitrogen and oxygen atoms in total. The van der Waals surface area contributed by atoms with E-state index >= 15 is 0 Å². The van der Waals surface area contributed by atoms with Gasteiger partial charge in [0.05, 0.1) is 5.75 Å². The van der Waals surface area contributed by atoms with Gasteiger partial charge in [-0.05, 0) is 49.6 Å². The van der Waals surface area contributed by atoms with Crippen LogP contribution in [0.25, 0.3) is 0 Å². The minimum atomic E-state index is -0.967. The fourth-order valence-corrected chi connectivity index (χ4v) is 3.52. The number of nitrogens with zero attached hydrogens (tertiary/aromatic N) is 1. The van der Waals surface area contributed by atoms with Gasteiger partial charge < -0.3 is 15.3 Å². The lowest BCUT2D eigenvalue weighted by molar-refractivity contribution is -0.143. The van der Waals surface area contributed by atoms with Crippen LogP contribution in [0.1, 0.15) is 43.0 Å². The number of anilines is 1. The molecule has 2 rings (SSSR count). The Kier molecular flexibility index (Phi) is 7.31. The molecule has 0 aromatic heterocycles. The monoisotopic (exact) mass is 364 g/mol. The van der Waals surface area contributed by atoms with E-state index in [0.717, 1.165) is 25.0 Å². The molecular formula is C18H24N2O4S.